The van der Waals surface area contributed by atoms with Crippen molar-refractivity contribution in [1.82, 2.24) is 25.3 Å². The zero-order valence-corrected chi connectivity index (χ0v) is 19.3. The predicted molar refractivity (Wildman–Crippen MR) is 126 cm³/mol. The smallest absolute Gasteiger partial charge is 0.227 e. The highest BCUT2D eigenvalue weighted by Gasteiger charge is 2.42. The van der Waals surface area contributed by atoms with Gasteiger partial charge in [-0.3, -0.25) is 5.10 Å². The van der Waals surface area contributed by atoms with Crippen LogP contribution in [0, 0.1) is 11.8 Å². The lowest BCUT2D eigenvalue weighted by Gasteiger charge is -2.25. The lowest BCUT2D eigenvalue weighted by Crippen LogP contribution is -2.17. The van der Waals surface area contributed by atoms with Crippen molar-refractivity contribution >= 4 is 23.4 Å². The zero-order chi connectivity index (χ0) is 22.5. The second-order valence-electron chi connectivity index (χ2n) is 10.3. The van der Waals surface area contributed by atoms with Gasteiger partial charge in [-0.1, -0.05) is 25.4 Å². The third-order valence-electron chi connectivity index (χ3n) is 7.53. The quantitative estimate of drug-likeness (QED) is 0.377. The van der Waals surface area contributed by atoms with Gasteiger partial charge in [0.2, 0.25) is 5.95 Å². The second kappa shape index (κ2) is 8.04. The van der Waals surface area contributed by atoms with Gasteiger partial charge >= 0.3 is 0 Å². The van der Waals surface area contributed by atoms with Crippen molar-refractivity contribution in [3.05, 3.63) is 34.8 Å². The molecule has 3 aliphatic carbocycles. The summed E-state index contributed by atoms with van der Waals surface area (Å²) in [6.45, 7) is 4.63. The van der Waals surface area contributed by atoms with Gasteiger partial charge in [0, 0.05) is 29.3 Å². The van der Waals surface area contributed by atoms with Crippen LogP contribution in [0.3, 0.4) is 0 Å². The van der Waals surface area contributed by atoms with Gasteiger partial charge in [-0.15, -0.1) is 0 Å². The first-order valence-electron chi connectivity index (χ1n) is 12.2. The number of H-pyrrole nitrogens is 1. The molecule has 0 spiro atoms. The number of aromatic nitrogens is 5. The molecule has 0 radical (unpaired) electrons. The molecule has 33 heavy (non-hydrogen) atoms. The van der Waals surface area contributed by atoms with Gasteiger partial charge in [0.1, 0.15) is 11.6 Å². The van der Waals surface area contributed by atoms with Gasteiger partial charge in [0.25, 0.3) is 0 Å². The van der Waals surface area contributed by atoms with E-state index in [1.165, 1.54) is 44.2 Å². The fourth-order valence-electron chi connectivity index (χ4n) is 5.60. The van der Waals surface area contributed by atoms with Crippen LogP contribution in [0.5, 0.6) is 0 Å². The normalized spacial score (nSPS) is 24.0. The molecule has 9 nitrogen and oxygen atoms in total. The van der Waals surface area contributed by atoms with E-state index >= 15 is 0 Å². The maximum Gasteiger partial charge on any atom is 0.227 e. The second-order valence-corrected chi connectivity index (χ2v) is 10.3. The van der Waals surface area contributed by atoms with E-state index in [9.17, 15) is 0 Å². The minimum absolute atomic E-state index is 0.320. The van der Waals surface area contributed by atoms with Crippen molar-refractivity contribution in [2.24, 2.45) is 11.8 Å². The summed E-state index contributed by atoms with van der Waals surface area (Å²) in [4.78, 5) is 9.48. The van der Waals surface area contributed by atoms with Crippen LogP contribution in [0.25, 0.3) is 0 Å². The third-order valence-corrected chi connectivity index (χ3v) is 7.53. The summed E-state index contributed by atoms with van der Waals surface area (Å²) in [6.07, 6.45) is 7.53. The number of nitrogens with two attached hydrogens (primary N) is 1. The average molecular weight is 449 g/mol. The fourth-order valence-corrected chi connectivity index (χ4v) is 5.60. The number of anilines is 4. The standard InChI is InChI=1S/C24H32N8O/c1-12(2)18-9-16(33-32-18)11-26-24-28-22(25)21(17-8-13-3-4-15(17)7-13)23(29-24)27-20-10-19(30-31-20)14-5-6-14/h9-10,12-15,17H,3-8,11H2,1-2H3,(H5,25,26,27,28,29,30,31). The Kier molecular flexibility index (Phi) is 4.99. The molecular weight excluding hydrogens is 416 g/mol. The number of nitrogens with zero attached hydrogens (tertiary/aromatic N) is 4. The molecule has 3 aromatic rings. The summed E-state index contributed by atoms with van der Waals surface area (Å²) >= 11 is 0. The Morgan fingerprint density at radius 1 is 1.15 bits per heavy atom. The SMILES string of the molecule is CC(C)c1cc(CNc2nc(N)c(C3CC4CCC3C4)c(Nc3cc(C4CC4)[nH]n3)n2)on1. The molecule has 0 saturated heterocycles. The number of fused-ring (bicyclic) bond motifs is 2. The first-order valence-corrected chi connectivity index (χ1v) is 12.2. The lowest BCUT2D eigenvalue weighted by molar-refractivity contribution is 0.379. The average Bonchev–Trinajstić information content (AvgIpc) is 3.21. The molecule has 0 aliphatic heterocycles. The third kappa shape index (κ3) is 4.05. The van der Waals surface area contributed by atoms with E-state index in [1.807, 2.05) is 6.07 Å². The van der Waals surface area contributed by atoms with Crippen molar-refractivity contribution in [1.29, 1.82) is 0 Å². The maximum absolute atomic E-state index is 6.57. The maximum atomic E-state index is 6.57. The number of hydrogen-bond acceptors (Lipinski definition) is 8. The van der Waals surface area contributed by atoms with Crippen LogP contribution in [0.2, 0.25) is 0 Å². The van der Waals surface area contributed by atoms with E-state index in [0.29, 0.717) is 42.0 Å². The molecule has 3 unspecified atom stereocenters. The monoisotopic (exact) mass is 448 g/mol. The molecule has 3 saturated carbocycles. The predicted octanol–water partition coefficient (Wildman–Crippen LogP) is 5.03. The van der Waals surface area contributed by atoms with Crippen LogP contribution in [-0.4, -0.2) is 25.3 Å². The number of nitrogens with one attached hydrogen (secondary N) is 3. The van der Waals surface area contributed by atoms with Gasteiger partial charge in [0.15, 0.2) is 11.6 Å². The van der Waals surface area contributed by atoms with Gasteiger partial charge in [0.05, 0.1) is 12.2 Å². The summed E-state index contributed by atoms with van der Waals surface area (Å²) in [7, 11) is 0. The molecule has 3 fully saturated rings. The molecular formula is C24H32N8O. The number of nitrogen functional groups attached to an aromatic ring is 1. The highest BCUT2D eigenvalue weighted by molar-refractivity contribution is 5.66. The molecule has 174 valence electrons. The number of hydrogen-bond donors (Lipinski definition) is 4. The minimum atomic E-state index is 0.320. The Bertz CT molecular complexity index is 1150. The lowest BCUT2D eigenvalue weighted by atomic mass is 9.83. The van der Waals surface area contributed by atoms with Crippen LogP contribution in [-0.2, 0) is 6.54 Å². The first kappa shape index (κ1) is 20.5. The summed E-state index contributed by atoms with van der Waals surface area (Å²) < 4.78 is 5.44. The summed E-state index contributed by atoms with van der Waals surface area (Å²) in [5, 5.41) is 18.5. The van der Waals surface area contributed by atoms with E-state index in [2.05, 4.69) is 50.9 Å². The van der Waals surface area contributed by atoms with E-state index in [4.69, 9.17) is 15.2 Å². The summed E-state index contributed by atoms with van der Waals surface area (Å²) in [5.41, 5.74) is 9.74. The molecule has 2 bridgehead atoms. The van der Waals surface area contributed by atoms with Gasteiger partial charge in [-0.2, -0.15) is 15.1 Å². The van der Waals surface area contributed by atoms with Crippen LogP contribution in [0.4, 0.5) is 23.4 Å². The van der Waals surface area contributed by atoms with Crippen LogP contribution >= 0.6 is 0 Å². The largest absolute Gasteiger partial charge is 0.383 e. The molecule has 6 rings (SSSR count). The van der Waals surface area contributed by atoms with Crippen LogP contribution in [0.1, 0.15) is 92.8 Å². The Morgan fingerprint density at radius 2 is 2.03 bits per heavy atom. The highest BCUT2D eigenvalue weighted by atomic mass is 16.5. The fraction of sp³-hybridized carbons (Fsp3) is 0.583. The van der Waals surface area contributed by atoms with Gasteiger partial charge in [-0.05, 0) is 55.8 Å². The van der Waals surface area contributed by atoms with Crippen molar-refractivity contribution in [3.8, 4) is 0 Å². The van der Waals surface area contributed by atoms with Crippen molar-refractivity contribution in [2.45, 2.75) is 76.7 Å². The number of rotatable bonds is 8. The summed E-state index contributed by atoms with van der Waals surface area (Å²) in [5.74, 6) is 6.12. The Balaban J connectivity index is 1.28. The Labute approximate surface area is 193 Å². The zero-order valence-electron chi connectivity index (χ0n) is 19.3. The molecule has 3 atom stereocenters. The molecule has 3 aromatic heterocycles. The topological polar surface area (TPSA) is 131 Å². The van der Waals surface area contributed by atoms with E-state index in [0.717, 1.165) is 34.6 Å². The van der Waals surface area contributed by atoms with Crippen molar-refractivity contribution < 1.29 is 4.52 Å². The van der Waals surface area contributed by atoms with Crippen molar-refractivity contribution in [3.63, 3.8) is 0 Å². The van der Waals surface area contributed by atoms with E-state index in [1.54, 1.807) is 0 Å². The van der Waals surface area contributed by atoms with Gasteiger partial charge < -0.3 is 20.9 Å². The molecule has 5 N–H and O–H groups in total. The Hall–Kier alpha value is -3.10. The molecule has 0 amide bonds. The molecule has 3 heterocycles. The van der Waals surface area contributed by atoms with E-state index < -0.39 is 0 Å². The number of aromatic amines is 1. The van der Waals surface area contributed by atoms with Crippen LogP contribution in [0.15, 0.2) is 16.7 Å². The highest BCUT2D eigenvalue weighted by Crippen LogP contribution is 2.55. The summed E-state index contributed by atoms with van der Waals surface area (Å²) in [6, 6.07) is 4.06. The minimum Gasteiger partial charge on any atom is -0.383 e. The molecule has 3 aliphatic rings. The van der Waals surface area contributed by atoms with E-state index in [-0.39, 0.29) is 0 Å². The van der Waals surface area contributed by atoms with Crippen molar-refractivity contribution in [2.75, 3.05) is 16.4 Å². The Morgan fingerprint density at radius 3 is 2.73 bits per heavy atom. The molecule has 9 heteroatoms. The van der Waals surface area contributed by atoms with Gasteiger partial charge in [-0.25, -0.2) is 0 Å². The molecule has 0 aromatic carbocycles. The first-order chi connectivity index (χ1) is 16.0. The van der Waals surface area contributed by atoms with Crippen LogP contribution < -0.4 is 16.4 Å².